The van der Waals surface area contributed by atoms with Gasteiger partial charge in [0.1, 0.15) is 11.4 Å². The first kappa shape index (κ1) is 22.8. The average molecular weight is 505 g/mol. The van der Waals surface area contributed by atoms with Crippen LogP contribution in [0.5, 0.6) is 0 Å². The fraction of sp³-hybridized carbons (Fsp3) is 0.737. The van der Waals surface area contributed by atoms with Crippen LogP contribution in [0.25, 0.3) is 0 Å². The van der Waals surface area contributed by atoms with Gasteiger partial charge in [0.15, 0.2) is 5.96 Å². The Morgan fingerprint density at radius 2 is 2.07 bits per heavy atom. The van der Waals surface area contributed by atoms with Crippen LogP contribution in [0.3, 0.4) is 0 Å². The third-order valence-electron chi connectivity index (χ3n) is 4.93. The number of piperazine rings is 1. The molecule has 8 nitrogen and oxygen atoms in total. The van der Waals surface area contributed by atoms with E-state index in [1.165, 1.54) is 5.56 Å². The highest BCUT2D eigenvalue weighted by molar-refractivity contribution is 14.0. The number of fused-ring (bicyclic) bond motifs is 1. The number of rotatable bonds is 4. The highest BCUT2D eigenvalue weighted by atomic mass is 127. The van der Waals surface area contributed by atoms with Crippen LogP contribution in [0.15, 0.2) is 9.52 Å². The molecule has 1 N–H and O–H groups in total. The van der Waals surface area contributed by atoms with E-state index in [0.29, 0.717) is 19.6 Å². The summed E-state index contributed by atoms with van der Waals surface area (Å²) < 4.78 is 10.7. The van der Waals surface area contributed by atoms with Gasteiger partial charge in [-0.25, -0.2) is 4.79 Å². The number of hydrogen-bond donors (Lipinski definition) is 1. The van der Waals surface area contributed by atoms with E-state index >= 15 is 0 Å². The second-order valence-corrected chi connectivity index (χ2v) is 8.27. The van der Waals surface area contributed by atoms with Gasteiger partial charge in [-0.15, -0.1) is 24.0 Å². The van der Waals surface area contributed by atoms with Gasteiger partial charge in [0, 0.05) is 31.7 Å². The molecule has 1 saturated heterocycles. The molecule has 0 radical (unpaired) electrons. The predicted octanol–water partition coefficient (Wildman–Crippen LogP) is 2.72. The summed E-state index contributed by atoms with van der Waals surface area (Å²) in [5.74, 6) is 1.85. The maximum atomic E-state index is 12.3. The van der Waals surface area contributed by atoms with Crippen LogP contribution in [-0.2, 0) is 11.2 Å². The zero-order valence-electron chi connectivity index (χ0n) is 17.4. The minimum atomic E-state index is -0.464. The van der Waals surface area contributed by atoms with E-state index in [9.17, 15) is 4.79 Å². The molecule has 1 fully saturated rings. The fourth-order valence-corrected chi connectivity index (χ4v) is 3.55. The maximum absolute atomic E-state index is 12.3. The summed E-state index contributed by atoms with van der Waals surface area (Å²) in [6.45, 7) is 13.3. The average Bonchev–Trinajstić information content (AvgIpc) is 3.14. The molecule has 158 valence electrons. The fourth-order valence-electron chi connectivity index (χ4n) is 3.55. The Labute approximate surface area is 184 Å². The molecule has 9 heteroatoms. The lowest BCUT2D eigenvalue weighted by Gasteiger charge is -2.39. The number of carbonyl (C=O) groups excluding carboxylic acids is 1. The molecule has 0 spiro atoms. The molecule has 2 aliphatic rings. The third kappa shape index (κ3) is 5.51. The lowest BCUT2D eigenvalue weighted by atomic mass is 10.1. The van der Waals surface area contributed by atoms with Crippen LogP contribution in [0, 0.1) is 13.8 Å². The van der Waals surface area contributed by atoms with E-state index in [1.807, 2.05) is 34.6 Å². The van der Waals surface area contributed by atoms with Gasteiger partial charge in [-0.05, 0) is 47.5 Å². The number of nitrogens with zero attached hydrogens (tertiary/aromatic N) is 4. The van der Waals surface area contributed by atoms with Crippen LogP contribution in [-0.4, -0.2) is 71.4 Å². The number of carbonyl (C=O) groups is 1. The summed E-state index contributed by atoms with van der Waals surface area (Å²) in [7, 11) is 0. The zero-order chi connectivity index (χ0) is 19.6. The molecule has 1 aromatic heterocycles. The smallest absolute Gasteiger partial charge is 0.410 e. The minimum absolute atomic E-state index is 0. The second kappa shape index (κ2) is 9.32. The molecule has 0 saturated carbocycles. The number of ether oxygens (including phenoxy) is 1. The maximum Gasteiger partial charge on any atom is 0.410 e. The number of aliphatic imine (C=N–C) groups is 1. The van der Waals surface area contributed by atoms with Gasteiger partial charge < -0.3 is 24.4 Å². The van der Waals surface area contributed by atoms with Crippen molar-refractivity contribution in [2.75, 3.05) is 32.7 Å². The molecule has 1 amide bonds. The Morgan fingerprint density at radius 1 is 1.32 bits per heavy atom. The van der Waals surface area contributed by atoms with E-state index in [0.717, 1.165) is 43.3 Å². The van der Waals surface area contributed by atoms with E-state index in [-0.39, 0.29) is 36.1 Å². The molecule has 0 aromatic carbocycles. The quantitative estimate of drug-likeness (QED) is 0.501. The zero-order valence-corrected chi connectivity index (χ0v) is 19.8. The number of hydrogen-bond acceptors (Lipinski definition) is 7. The van der Waals surface area contributed by atoms with Gasteiger partial charge in [0.2, 0.25) is 0 Å². The van der Waals surface area contributed by atoms with Gasteiger partial charge in [0.05, 0.1) is 18.3 Å². The van der Waals surface area contributed by atoms with E-state index in [2.05, 4.69) is 20.4 Å². The summed E-state index contributed by atoms with van der Waals surface area (Å²) in [5, 5.41) is 7.45. The number of amides is 1. The van der Waals surface area contributed by atoms with Crippen molar-refractivity contribution in [3.05, 3.63) is 17.0 Å². The Balaban J connectivity index is 0.00000280. The second-order valence-electron chi connectivity index (χ2n) is 8.27. The lowest BCUT2D eigenvalue weighted by Crippen LogP contribution is -2.57. The molecule has 3 heterocycles. The van der Waals surface area contributed by atoms with Crippen molar-refractivity contribution in [3.8, 4) is 0 Å². The van der Waals surface area contributed by atoms with E-state index in [4.69, 9.17) is 9.26 Å². The normalized spacial score (nSPS) is 19.0. The van der Waals surface area contributed by atoms with Gasteiger partial charge in [-0.3, -0.25) is 4.99 Å². The minimum Gasteiger partial charge on any atom is -0.444 e. The van der Waals surface area contributed by atoms with Crippen LogP contribution >= 0.6 is 24.0 Å². The summed E-state index contributed by atoms with van der Waals surface area (Å²) in [6.07, 6.45) is 1.70. The summed E-state index contributed by atoms with van der Waals surface area (Å²) in [6, 6.07) is 0.233. The first-order valence-corrected chi connectivity index (χ1v) is 9.69. The van der Waals surface area contributed by atoms with Crippen molar-refractivity contribution in [3.63, 3.8) is 0 Å². The largest absolute Gasteiger partial charge is 0.444 e. The summed E-state index contributed by atoms with van der Waals surface area (Å²) >= 11 is 0. The van der Waals surface area contributed by atoms with Crippen LogP contribution in [0.2, 0.25) is 0 Å². The molecule has 1 aromatic rings. The molecular weight excluding hydrogens is 473 g/mol. The van der Waals surface area contributed by atoms with Crippen molar-refractivity contribution in [1.29, 1.82) is 0 Å². The summed E-state index contributed by atoms with van der Waals surface area (Å²) in [5.41, 5.74) is 1.71. The molecule has 2 aliphatic heterocycles. The Hall–Kier alpha value is -1.52. The summed E-state index contributed by atoms with van der Waals surface area (Å²) in [4.78, 5) is 21.0. The van der Waals surface area contributed by atoms with Gasteiger partial charge in [0.25, 0.3) is 0 Å². The van der Waals surface area contributed by atoms with Gasteiger partial charge >= 0.3 is 6.09 Å². The molecule has 1 atom stereocenters. The van der Waals surface area contributed by atoms with Crippen molar-refractivity contribution < 1.29 is 14.1 Å². The van der Waals surface area contributed by atoms with E-state index < -0.39 is 5.60 Å². The molecule has 0 aliphatic carbocycles. The SMILES string of the molecule is Cc1noc(C)c1CCCNC1=NCC2CN(C(=O)OC(C)(C)C)CCN12.I. The Kier molecular flexibility index (Phi) is 7.58. The highest BCUT2D eigenvalue weighted by Gasteiger charge is 2.36. The van der Waals surface area contributed by atoms with Crippen molar-refractivity contribution in [2.45, 2.75) is 59.1 Å². The lowest BCUT2D eigenvalue weighted by molar-refractivity contribution is 0.0137. The Morgan fingerprint density at radius 3 is 2.71 bits per heavy atom. The topological polar surface area (TPSA) is 83.2 Å². The Bertz CT molecular complexity index is 693. The molecule has 1 unspecified atom stereocenters. The third-order valence-corrected chi connectivity index (χ3v) is 4.93. The van der Waals surface area contributed by atoms with Crippen molar-refractivity contribution in [2.24, 2.45) is 4.99 Å². The van der Waals surface area contributed by atoms with Crippen LogP contribution in [0.1, 0.15) is 44.2 Å². The number of nitrogens with one attached hydrogen (secondary N) is 1. The number of aromatic nitrogens is 1. The van der Waals surface area contributed by atoms with Crippen molar-refractivity contribution in [1.82, 2.24) is 20.3 Å². The van der Waals surface area contributed by atoms with Gasteiger partial charge in [-0.1, -0.05) is 5.16 Å². The molecule has 28 heavy (non-hydrogen) atoms. The van der Waals surface area contributed by atoms with Gasteiger partial charge in [-0.2, -0.15) is 0 Å². The molecular formula is C19H32IN5O3. The number of aryl methyl sites for hydroxylation is 2. The molecule has 3 rings (SSSR count). The molecule has 0 bridgehead atoms. The van der Waals surface area contributed by atoms with Crippen LogP contribution in [0.4, 0.5) is 4.79 Å². The van der Waals surface area contributed by atoms with E-state index in [1.54, 1.807) is 4.90 Å². The highest BCUT2D eigenvalue weighted by Crippen LogP contribution is 2.19. The van der Waals surface area contributed by atoms with Crippen LogP contribution < -0.4 is 5.32 Å². The standard InChI is InChI=1S/C19H31N5O3.HI/c1-13-16(14(2)27-22-13)7-6-8-20-17-21-11-15-12-23(9-10-24(15)17)18(25)26-19(3,4)5;/h15H,6-12H2,1-5H3,(H,20,21);1H. The first-order chi connectivity index (χ1) is 12.7. The first-order valence-electron chi connectivity index (χ1n) is 9.69. The number of guanidine groups is 1. The monoisotopic (exact) mass is 505 g/mol. The predicted molar refractivity (Wildman–Crippen MR) is 118 cm³/mol. The van der Waals surface area contributed by atoms with Crippen molar-refractivity contribution >= 4 is 36.0 Å². The number of halogens is 1.